The monoisotopic (exact) mass is 756 g/mol. The number of amides is 4. The van der Waals surface area contributed by atoms with E-state index in [0.717, 1.165) is 23.1 Å². The van der Waals surface area contributed by atoms with Gasteiger partial charge < -0.3 is 31.1 Å². The third kappa shape index (κ3) is 15.3. The molecule has 3 rings (SSSR count). The van der Waals surface area contributed by atoms with Crippen molar-refractivity contribution in [1.82, 2.24) is 21.3 Å². The van der Waals surface area contributed by atoms with E-state index < -0.39 is 60.4 Å². The molecule has 0 radical (unpaired) electrons. The van der Waals surface area contributed by atoms with Crippen LogP contribution in [0.3, 0.4) is 0 Å². The maximum atomic E-state index is 13.7. The molecule has 0 aromatic heterocycles. The lowest BCUT2D eigenvalue weighted by Gasteiger charge is -2.30. The van der Waals surface area contributed by atoms with Crippen LogP contribution in [-0.2, 0) is 48.2 Å². The molecule has 0 aliphatic heterocycles. The number of rotatable bonds is 22. The Morgan fingerprint density at radius 3 is 1.67 bits per heavy atom. The lowest BCUT2D eigenvalue weighted by atomic mass is 9.95. The summed E-state index contributed by atoms with van der Waals surface area (Å²) in [5, 5.41) is 22.8. The van der Waals surface area contributed by atoms with Gasteiger partial charge in [-0.3, -0.25) is 19.2 Å². The van der Waals surface area contributed by atoms with Crippen molar-refractivity contribution in [3.8, 4) is 0 Å². The summed E-state index contributed by atoms with van der Waals surface area (Å²) in [7, 11) is 0. The first-order valence-electron chi connectivity index (χ1n) is 19.4. The highest BCUT2D eigenvalue weighted by molar-refractivity contribution is 5.91. The molecule has 11 heteroatoms. The Kier molecular flexibility index (Phi) is 18.6. The highest BCUT2D eigenvalue weighted by Gasteiger charge is 2.34. The highest BCUT2D eigenvalue weighted by atomic mass is 16.5. The van der Waals surface area contributed by atoms with Gasteiger partial charge in [-0.1, -0.05) is 139 Å². The Balaban J connectivity index is 1.68. The maximum Gasteiger partial charge on any atom is 0.329 e. The van der Waals surface area contributed by atoms with Crippen LogP contribution in [0.25, 0.3) is 0 Å². The van der Waals surface area contributed by atoms with Gasteiger partial charge in [-0.2, -0.15) is 0 Å². The number of hydrogen-bond donors (Lipinski definition) is 5. The third-order valence-corrected chi connectivity index (χ3v) is 9.72. The van der Waals surface area contributed by atoms with Crippen molar-refractivity contribution < 1.29 is 33.8 Å². The lowest BCUT2D eigenvalue weighted by Crippen LogP contribution is -2.57. The fourth-order valence-corrected chi connectivity index (χ4v) is 6.13. The first-order chi connectivity index (χ1) is 26.3. The molecule has 0 spiro atoms. The molecule has 4 amide bonds. The fourth-order valence-electron chi connectivity index (χ4n) is 6.13. The van der Waals surface area contributed by atoms with Crippen molar-refractivity contribution in [1.29, 1.82) is 0 Å². The second kappa shape index (κ2) is 23.0. The van der Waals surface area contributed by atoms with Gasteiger partial charge in [0.1, 0.15) is 24.7 Å². The van der Waals surface area contributed by atoms with E-state index in [1.165, 1.54) is 0 Å². The summed E-state index contributed by atoms with van der Waals surface area (Å²) < 4.78 is 5.51. The van der Waals surface area contributed by atoms with Crippen LogP contribution >= 0.6 is 0 Å². The number of carbonyl (C=O) groups is 5. The predicted molar refractivity (Wildman–Crippen MR) is 213 cm³/mol. The van der Waals surface area contributed by atoms with Gasteiger partial charge in [0, 0.05) is 6.42 Å². The summed E-state index contributed by atoms with van der Waals surface area (Å²) in [6.07, 6.45) is 0.622. The number of hydrogen-bond acceptors (Lipinski definition) is 7. The second-order valence-corrected chi connectivity index (χ2v) is 15.0. The van der Waals surface area contributed by atoms with E-state index in [9.17, 15) is 29.1 Å². The minimum absolute atomic E-state index is 0.0574. The predicted octanol–water partition coefficient (Wildman–Crippen LogP) is 5.04. The highest BCUT2D eigenvalue weighted by Crippen LogP contribution is 2.15. The average Bonchev–Trinajstić information content (AvgIpc) is 3.17. The number of esters is 1. The number of nitrogens with one attached hydrogen (secondary N) is 4. The summed E-state index contributed by atoms with van der Waals surface area (Å²) in [4.78, 5) is 66.9. The van der Waals surface area contributed by atoms with Crippen LogP contribution in [-0.4, -0.2) is 65.0 Å². The normalized spacial score (nSPS) is 14.5. The van der Waals surface area contributed by atoms with Crippen molar-refractivity contribution in [2.45, 2.75) is 117 Å². The molecular formula is C44H60N4O7. The standard InChI is InChI=1S/C44H60N4O7/c1-7-31(6)41(43(53)48-40(30(4)5)44(54)55-28-34-22-15-10-16-23-34)47-38(51)27-36(49)35(26-33-20-13-9-14-21-33)45-42(52)39(29(2)3)46-37(50)25-17-24-32-18-11-8-12-19-32/h8-16,18-23,29-31,35-36,39-41,49H,7,17,24-28H2,1-6H3,(H,45,52)(H,46,50)(H,47,51)(H,48,53)/t31-,35-,36-,39-,40-,41-/m0/s1. The molecule has 298 valence electrons. The molecule has 11 nitrogen and oxygen atoms in total. The zero-order valence-electron chi connectivity index (χ0n) is 33.1. The van der Waals surface area contributed by atoms with Gasteiger partial charge in [0.25, 0.3) is 0 Å². The zero-order valence-corrected chi connectivity index (χ0v) is 33.1. The number of carbonyl (C=O) groups excluding carboxylic acids is 5. The van der Waals surface area contributed by atoms with Gasteiger partial charge in [-0.15, -0.1) is 0 Å². The van der Waals surface area contributed by atoms with Crippen LogP contribution in [0.5, 0.6) is 0 Å². The minimum atomic E-state index is -1.34. The van der Waals surface area contributed by atoms with E-state index in [0.29, 0.717) is 12.8 Å². The number of aryl methyl sites for hydroxylation is 1. The summed E-state index contributed by atoms with van der Waals surface area (Å²) in [5.74, 6) is -3.29. The van der Waals surface area contributed by atoms with Crippen LogP contribution in [0.1, 0.15) is 83.9 Å². The molecule has 0 heterocycles. The average molecular weight is 757 g/mol. The Bertz CT molecular complexity index is 1640. The molecule has 5 N–H and O–H groups in total. The van der Waals surface area contributed by atoms with Crippen molar-refractivity contribution in [2.75, 3.05) is 0 Å². The molecule has 0 fully saturated rings. The van der Waals surface area contributed by atoms with E-state index in [-0.39, 0.29) is 43.1 Å². The van der Waals surface area contributed by atoms with Crippen LogP contribution in [0, 0.1) is 17.8 Å². The number of benzene rings is 3. The Labute approximate surface area is 326 Å². The number of aliphatic hydroxyl groups excluding tert-OH is 1. The Hall–Kier alpha value is -5.03. The van der Waals surface area contributed by atoms with Crippen LogP contribution in [0.15, 0.2) is 91.0 Å². The summed E-state index contributed by atoms with van der Waals surface area (Å²) in [5.41, 5.74) is 2.77. The SMILES string of the molecule is CC[C@H](C)[C@H](NC(=O)C[C@H](O)[C@H](Cc1ccccc1)NC(=O)[C@@H](NC(=O)CCCc1ccccc1)C(C)C)C(=O)N[C@H](C(=O)OCc1ccccc1)C(C)C. The van der Waals surface area contributed by atoms with Gasteiger partial charge in [-0.05, 0) is 53.7 Å². The first kappa shape index (κ1) is 44.4. The quantitative estimate of drug-likeness (QED) is 0.0898. The lowest BCUT2D eigenvalue weighted by molar-refractivity contribution is -0.150. The summed E-state index contributed by atoms with van der Waals surface area (Å²) in [6, 6.07) is 24.7. The van der Waals surface area contributed by atoms with Crippen molar-refractivity contribution in [3.05, 3.63) is 108 Å². The molecule has 0 saturated carbocycles. The van der Waals surface area contributed by atoms with Crippen LogP contribution in [0.2, 0.25) is 0 Å². The van der Waals surface area contributed by atoms with Crippen LogP contribution < -0.4 is 21.3 Å². The Morgan fingerprint density at radius 1 is 0.618 bits per heavy atom. The second-order valence-electron chi connectivity index (χ2n) is 15.0. The van der Waals surface area contributed by atoms with Crippen molar-refractivity contribution >= 4 is 29.6 Å². The van der Waals surface area contributed by atoms with E-state index in [1.54, 1.807) is 13.8 Å². The molecule has 0 aliphatic rings. The molecule has 0 saturated heterocycles. The van der Waals surface area contributed by atoms with E-state index in [4.69, 9.17) is 4.74 Å². The first-order valence-corrected chi connectivity index (χ1v) is 19.4. The van der Waals surface area contributed by atoms with E-state index in [1.807, 2.05) is 119 Å². The molecule has 0 bridgehead atoms. The summed E-state index contributed by atoms with van der Waals surface area (Å²) in [6.45, 7) is 11.0. The topological polar surface area (TPSA) is 163 Å². The smallest absolute Gasteiger partial charge is 0.329 e. The van der Waals surface area contributed by atoms with E-state index >= 15 is 0 Å². The van der Waals surface area contributed by atoms with Crippen LogP contribution in [0.4, 0.5) is 0 Å². The minimum Gasteiger partial charge on any atom is -0.459 e. The fraction of sp³-hybridized carbons (Fsp3) is 0.477. The van der Waals surface area contributed by atoms with Gasteiger partial charge in [0.15, 0.2) is 0 Å². The van der Waals surface area contributed by atoms with Gasteiger partial charge in [-0.25, -0.2) is 4.79 Å². The summed E-state index contributed by atoms with van der Waals surface area (Å²) >= 11 is 0. The molecule has 55 heavy (non-hydrogen) atoms. The molecule has 3 aromatic carbocycles. The third-order valence-electron chi connectivity index (χ3n) is 9.72. The van der Waals surface area contributed by atoms with Crippen molar-refractivity contribution in [3.63, 3.8) is 0 Å². The van der Waals surface area contributed by atoms with Crippen molar-refractivity contribution in [2.24, 2.45) is 17.8 Å². The van der Waals surface area contributed by atoms with Gasteiger partial charge >= 0.3 is 5.97 Å². The van der Waals surface area contributed by atoms with Gasteiger partial charge in [0.2, 0.25) is 23.6 Å². The molecule has 0 unspecified atom stereocenters. The maximum absolute atomic E-state index is 13.7. The Morgan fingerprint density at radius 2 is 1.13 bits per heavy atom. The molecule has 0 aliphatic carbocycles. The molecule has 3 aromatic rings. The van der Waals surface area contributed by atoms with Gasteiger partial charge in [0.05, 0.1) is 18.6 Å². The largest absolute Gasteiger partial charge is 0.459 e. The van der Waals surface area contributed by atoms with E-state index in [2.05, 4.69) is 21.3 Å². The zero-order chi connectivity index (χ0) is 40.3. The molecule has 6 atom stereocenters. The number of ether oxygens (including phenoxy) is 1. The molecular weight excluding hydrogens is 697 g/mol. The number of aliphatic hydroxyl groups is 1.